The van der Waals surface area contributed by atoms with E-state index in [1.807, 2.05) is 18.2 Å². The quantitative estimate of drug-likeness (QED) is 0.877. The van der Waals surface area contributed by atoms with Crippen LogP contribution in [0.4, 0.5) is 4.39 Å². The van der Waals surface area contributed by atoms with Gasteiger partial charge in [-0.3, -0.25) is 4.98 Å². The van der Waals surface area contributed by atoms with E-state index < -0.39 is 0 Å². The fourth-order valence-electron chi connectivity index (χ4n) is 1.93. The van der Waals surface area contributed by atoms with E-state index in [0.29, 0.717) is 18.4 Å². The second kappa shape index (κ2) is 6.01. The van der Waals surface area contributed by atoms with E-state index in [1.165, 1.54) is 25.0 Å². The van der Waals surface area contributed by atoms with Gasteiger partial charge < -0.3 is 10.1 Å². The molecular weight excluding hydrogens is 255 g/mol. The van der Waals surface area contributed by atoms with Crippen molar-refractivity contribution in [2.45, 2.75) is 32.0 Å². The van der Waals surface area contributed by atoms with Gasteiger partial charge in [-0.05, 0) is 49.2 Å². The third-order valence-electron chi connectivity index (χ3n) is 3.21. The molecule has 1 aliphatic rings. The van der Waals surface area contributed by atoms with Gasteiger partial charge in [-0.25, -0.2) is 4.39 Å². The fourth-order valence-corrected chi connectivity index (χ4v) is 1.93. The molecule has 0 saturated heterocycles. The summed E-state index contributed by atoms with van der Waals surface area (Å²) in [4.78, 5) is 4.54. The van der Waals surface area contributed by atoms with Gasteiger partial charge in [0.15, 0.2) is 0 Å². The van der Waals surface area contributed by atoms with Crippen LogP contribution in [0.25, 0.3) is 0 Å². The predicted octanol–water partition coefficient (Wildman–Crippen LogP) is 3.05. The zero-order valence-corrected chi connectivity index (χ0v) is 11.2. The number of rotatable bonds is 6. The molecule has 1 fully saturated rings. The summed E-state index contributed by atoms with van der Waals surface area (Å²) >= 11 is 0. The highest BCUT2D eigenvalue weighted by Crippen LogP contribution is 2.19. The topological polar surface area (TPSA) is 34.1 Å². The molecule has 20 heavy (non-hydrogen) atoms. The van der Waals surface area contributed by atoms with Crippen molar-refractivity contribution in [3.05, 3.63) is 59.7 Å². The van der Waals surface area contributed by atoms with E-state index in [4.69, 9.17) is 4.74 Å². The Morgan fingerprint density at radius 2 is 1.85 bits per heavy atom. The molecule has 0 radical (unpaired) electrons. The second-order valence-corrected chi connectivity index (χ2v) is 5.02. The molecule has 0 amide bonds. The summed E-state index contributed by atoms with van der Waals surface area (Å²) in [5.41, 5.74) is 1.90. The lowest BCUT2D eigenvalue weighted by molar-refractivity contribution is 0.300. The predicted molar refractivity (Wildman–Crippen MR) is 74.8 cm³/mol. The lowest BCUT2D eigenvalue weighted by Gasteiger charge is -2.07. The van der Waals surface area contributed by atoms with Gasteiger partial charge in [0.2, 0.25) is 0 Å². The van der Waals surface area contributed by atoms with Crippen LogP contribution in [-0.4, -0.2) is 11.0 Å². The Morgan fingerprint density at radius 3 is 2.60 bits per heavy atom. The van der Waals surface area contributed by atoms with Crippen LogP contribution >= 0.6 is 0 Å². The standard InChI is InChI=1S/C16H17FN2O/c17-12-4-8-16(9-5-12)20-11-15-3-1-2-14(19-15)10-18-13-6-7-13/h1-5,8-9,13,18H,6-7,10-11H2. The van der Waals surface area contributed by atoms with Gasteiger partial charge in [-0.15, -0.1) is 0 Å². The monoisotopic (exact) mass is 272 g/mol. The summed E-state index contributed by atoms with van der Waals surface area (Å²) in [6, 6.07) is 12.6. The van der Waals surface area contributed by atoms with Gasteiger partial charge >= 0.3 is 0 Å². The molecule has 1 aromatic carbocycles. The number of pyridine rings is 1. The van der Waals surface area contributed by atoms with Crippen LogP contribution in [0.5, 0.6) is 5.75 Å². The first-order chi connectivity index (χ1) is 9.79. The van der Waals surface area contributed by atoms with Crippen molar-refractivity contribution in [2.75, 3.05) is 0 Å². The third kappa shape index (κ3) is 3.78. The van der Waals surface area contributed by atoms with Crippen molar-refractivity contribution in [3.63, 3.8) is 0 Å². The van der Waals surface area contributed by atoms with E-state index >= 15 is 0 Å². The number of nitrogens with one attached hydrogen (secondary N) is 1. The number of halogens is 1. The van der Waals surface area contributed by atoms with Crippen LogP contribution in [0, 0.1) is 5.82 Å². The molecule has 0 aliphatic heterocycles. The molecule has 1 aliphatic carbocycles. The molecule has 1 saturated carbocycles. The smallest absolute Gasteiger partial charge is 0.130 e. The molecule has 104 valence electrons. The molecule has 0 bridgehead atoms. The fraction of sp³-hybridized carbons (Fsp3) is 0.312. The van der Waals surface area contributed by atoms with E-state index in [2.05, 4.69) is 10.3 Å². The number of ether oxygens (including phenoxy) is 1. The summed E-state index contributed by atoms with van der Waals surface area (Å²) < 4.78 is 18.4. The highest BCUT2D eigenvalue weighted by molar-refractivity contribution is 5.22. The van der Waals surface area contributed by atoms with Gasteiger partial charge in [0.25, 0.3) is 0 Å². The molecule has 2 aromatic rings. The molecule has 3 rings (SSSR count). The number of aromatic nitrogens is 1. The minimum Gasteiger partial charge on any atom is -0.487 e. The Balaban J connectivity index is 1.56. The number of hydrogen-bond acceptors (Lipinski definition) is 3. The van der Waals surface area contributed by atoms with Gasteiger partial charge in [0, 0.05) is 12.6 Å². The maximum Gasteiger partial charge on any atom is 0.130 e. The van der Waals surface area contributed by atoms with Crippen LogP contribution in [0.15, 0.2) is 42.5 Å². The SMILES string of the molecule is Fc1ccc(OCc2cccc(CNC3CC3)n2)cc1. The molecule has 4 heteroatoms. The summed E-state index contributed by atoms with van der Waals surface area (Å²) in [7, 11) is 0. The van der Waals surface area contributed by atoms with E-state index in [9.17, 15) is 4.39 Å². The van der Waals surface area contributed by atoms with Gasteiger partial charge in [-0.1, -0.05) is 6.07 Å². The molecule has 1 N–H and O–H groups in total. The Hall–Kier alpha value is -1.94. The van der Waals surface area contributed by atoms with Crippen LogP contribution in [0.2, 0.25) is 0 Å². The molecule has 1 aromatic heterocycles. The lowest BCUT2D eigenvalue weighted by atomic mass is 10.3. The number of hydrogen-bond donors (Lipinski definition) is 1. The summed E-state index contributed by atoms with van der Waals surface area (Å²) in [5.74, 6) is 0.387. The molecular formula is C16H17FN2O. The average Bonchev–Trinajstić information content (AvgIpc) is 3.29. The summed E-state index contributed by atoms with van der Waals surface area (Å²) in [6.45, 7) is 1.19. The average molecular weight is 272 g/mol. The molecule has 0 unspecified atom stereocenters. The Kier molecular flexibility index (Phi) is 3.92. The van der Waals surface area contributed by atoms with Gasteiger partial charge in [-0.2, -0.15) is 0 Å². The van der Waals surface area contributed by atoms with Crippen LogP contribution in [-0.2, 0) is 13.2 Å². The number of benzene rings is 1. The van der Waals surface area contributed by atoms with E-state index in [0.717, 1.165) is 17.9 Å². The minimum atomic E-state index is -0.261. The Morgan fingerprint density at radius 1 is 1.10 bits per heavy atom. The van der Waals surface area contributed by atoms with Crippen molar-refractivity contribution in [1.82, 2.24) is 10.3 Å². The van der Waals surface area contributed by atoms with Crippen molar-refractivity contribution in [2.24, 2.45) is 0 Å². The largest absolute Gasteiger partial charge is 0.487 e. The van der Waals surface area contributed by atoms with Gasteiger partial charge in [0.05, 0.1) is 11.4 Å². The molecule has 3 nitrogen and oxygen atoms in total. The third-order valence-corrected chi connectivity index (χ3v) is 3.21. The Labute approximate surface area is 117 Å². The molecule has 1 heterocycles. The van der Waals surface area contributed by atoms with Crippen molar-refractivity contribution in [3.8, 4) is 5.75 Å². The maximum atomic E-state index is 12.8. The maximum absolute atomic E-state index is 12.8. The molecule has 0 spiro atoms. The minimum absolute atomic E-state index is 0.261. The van der Waals surface area contributed by atoms with Crippen molar-refractivity contribution >= 4 is 0 Å². The first kappa shape index (κ1) is 13.1. The van der Waals surface area contributed by atoms with Crippen LogP contribution < -0.4 is 10.1 Å². The highest BCUT2D eigenvalue weighted by atomic mass is 19.1. The second-order valence-electron chi connectivity index (χ2n) is 5.02. The summed E-state index contributed by atoms with van der Waals surface area (Å²) in [5, 5.41) is 3.44. The number of nitrogens with zero attached hydrogens (tertiary/aromatic N) is 1. The zero-order valence-electron chi connectivity index (χ0n) is 11.2. The molecule has 0 atom stereocenters. The first-order valence-corrected chi connectivity index (χ1v) is 6.86. The lowest BCUT2D eigenvalue weighted by Crippen LogP contribution is -2.16. The van der Waals surface area contributed by atoms with Crippen LogP contribution in [0.1, 0.15) is 24.2 Å². The zero-order chi connectivity index (χ0) is 13.8. The van der Waals surface area contributed by atoms with E-state index in [1.54, 1.807) is 12.1 Å². The van der Waals surface area contributed by atoms with E-state index in [-0.39, 0.29) is 5.82 Å². The van der Waals surface area contributed by atoms with Crippen LogP contribution in [0.3, 0.4) is 0 Å². The first-order valence-electron chi connectivity index (χ1n) is 6.86. The van der Waals surface area contributed by atoms with Crippen molar-refractivity contribution in [1.29, 1.82) is 0 Å². The van der Waals surface area contributed by atoms with Gasteiger partial charge in [0.1, 0.15) is 18.2 Å². The normalized spacial score (nSPS) is 14.2. The Bertz CT molecular complexity index is 567. The summed E-state index contributed by atoms with van der Waals surface area (Å²) in [6.07, 6.45) is 2.54. The van der Waals surface area contributed by atoms with Crippen molar-refractivity contribution < 1.29 is 9.13 Å². The highest BCUT2D eigenvalue weighted by Gasteiger charge is 2.20.